The van der Waals surface area contributed by atoms with E-state index in [2.05, 4.69) is 0 Å². The minimum absolute atomic E-state index is 0.0441. The number of carbonyl (C=O) groups excluding carboxylic acids is 2. The molecule has 0 bridgehead atoms. The van der Waals surface area contributed by atoms with Gasteiger partial charge in [-0.15, -0.1) is 0 Å². The SMILES string of the molecule is CCN(CC)C(=O)[C@@H]1C[C@@H](N)CN1C(=O)c1cc2ccccc2o1. The molecule has 2 N–H and O–H groups in total. The van der Waals surface area contributed by atoms with E-state index in [1.807, 2.05) is 38.1 Å². The summed E-state index contributed by atoms with van der Waals surface area (Å²) in [7, 11) is 0. The van der Waals surface area contributed by atoms with Crippen molar-refractivity contribution in [2.24, 2.45) is 5.73 Å². The largest absolute Gasteiger partial charge is 0.451 e. The van der Waals surface area contributed by atoms with E-state index in [-0.39, 0.29) is 23.6 Å². The van der Waals surface area contributed by atoms with Crippen molar-refractivity contribution < 1.29 is 14.0 Å². The summed E-state index contributed by atoms with van der Waals surface area (Å²) in [6, 6.07) is 8.48. The summed E-state index contributed by atoms with van der Waals surface area (Å²) in [5.41, 5.74) is 6.70. The first kappa shape index (κ1) is 16.5. The topological polar surface area (TPSA) is 79.8 Å². The monoisotopic (exact) mass is 329 g/mol. The van der Waals surface area contributed by atoms with Crippen LogP contribution in [0.25, 0.3) is 11.0 Å². The van der Waals surface area contributed by atoms with Crippen molar-refractivity contribution in [2.45, 2.75) is 32.4 Å². The van der Waals surface area contributed by atoms with E-state index in [0.29, 0.717) is 31.6 Å². The number of rotatable bonds is 4. The number of furan rings is 1. The van der Waals surface area contributed by atoms with Crippen molar-refractivity contribution in [2.75, 3.05) is 19.6 Å². The molecule has 1 saturated heterocycles. The highest BCUT2D eigenvalue weighted by Gasteiger charge is 2.40. The molecule has 2 amide bonds. The van der Waals surface area contributed by atoms with Gasteiger partial charge in [0.1, 0.15) is 11.6 Å². The quantitative estimate of drug-likeness (QED) is 0.928. The second kappa shape index (κ2) is 6.65. The summed E-state index contributed by atoms with van der Waals surface area (Å²) >= 11 is 0. The maximum Gasteiger partial charge on any atom is 0.290 e. The highest BCUT2D eigenvalue weighted by atomic mass is 16.3. The third-order valence-electron chi connectivity index (χ3n) is 4.59. The first-order valence-electron chi connectivity index (χ1n) is 8.39. The summed E-state index contributed by atoms with van der Waals surface area (Å²) in [4.78, 5) is 28.9. The summed E-state index contributed by atoms with van der Waals surface area (Å²) in [5, 5.41) is 0.871. The zero-order valence-corrected chi connectivity index (χ0v) is 14.1. The van der Waals surface area contributed by atoms with Crippen LogP contribution in [0.2, 0.25) is 0 Å². The second-order valence-electron chi connectivity index (χ2n) is 6.13. The summed E-state index contributed by atoms with van der Waals surface area (Å²) < 4.78 is 5.66. The van der Waals surface area contributed by atoms with Crippen molar-refractivity contribution in [3.63, 3.8) is 0 Å². The molecular formula is C18H23N3O3. The van der Waals surface area contributed by atoms with Crippen molar-refractivity contribution in [1.29, 1.82) is 0 Å². The molecule has 6 heteroatoms. The summed E-state index contributed by atoms with van der Waals surface area (Å²) in [6.07, 6.45) is 0.487. The Balaban J connectivity index is 1.87. The maximum absolute atomic E-state index is 12.9. The van der Waals surface area contributed by atoms with E-state index in [1.165, 1.54) is 0 Å². The van der Waals surface area contributed by atoms with Gasteiger partial charge in [-0.05, 0) is 32.4 Å². The first-order valence-corrected chi connectivity index (χ1v) is 8.39. The molecule has 0 spiro atoms. The van der Waals surface area contributed by atoms with E-state index in [0.717, 1.165) is 5.39 Å². The lowest BCUT2D eigenvalue weighted by Gasteiger charge is -2.28. The summed E-state index contributed by atoms with van der Waals surface area (Å²) in [6.45, 7) is 5.47. The Bertz CT molecular complexity index is 718. The average molecular weight is 329 g/mol. The Labute approximate surface area is 141 Å². The maximum atomic E-state index is 12.9. The van der Waals surface area contributed by atoms with Gasteiger partial charge in [0, 0.05) is 31.1 Å². The standard InChI is InChI=1S/C18H23N3O3/c1-3-20(4-2)17(22)14-10-13(19)11-21(14)18(23)16-9-12-7-5-6-8-15(12)24-16/h5-9,13-14H,3-4,10-11,19H2,1-2H3/t13-,14+/m1/s1. The molecule has 2 aromatic rings. The predicted molar refractivity (Wildman–Crippen MR) is 91.6 cm³/mol. The molecule has 1 aliphatic heterocycles. The number of nitrogens with two attached hydrogens (primary N) is 1. The van der Waals surface area contributed by atoms with E-state index in [9.17, 15) is 9.59 Å². The van der Waals surface area contributed by atoms with Crippen molar-refractivity contribution in [3.05, 3.63) is 36.1 Å². The number of nitrogens with zero attached hydrogens (tertiary/aromatic N) is 2. The fourth-order valence-corrected chi connectivity index (χ4v) is 3.30. The van der Waals surface area contributed by atoms with Crippen LogP contribution in [0.3, 0.4) is 0 Å². The van der Waals surface area contributed by atoms with Gasteiger partial charge in [0.15, 0.2) is 5.76 Å². The number of likely N-dealkylation sites (N-methyl/N-ethyl adjacent to an activating group) is 1. The van der Waals surface area contributed by atoms with Gasteiger partial charge in [-0.25, -0.2) is 0 Å². The molecule has 1 aromatic heterocycles. The fraction of sp³-hybridized carbons (Fsp3) is 0.444. The normalized spacial score (nSPS) is 20.5. The Morgan fingerprint density at radius 2 is 2.00 bits per heavy atom. The number of benzene rings is 1. The van der Waals surface area contributed by atoms with Crippen molar-refractivity contribution >= 4 is 22.8 Å². The Morgan fingerprint density at radius 1 is 1.29 bits per heavy atom. The molecule has 3 rings (SSSR count). The molecule has 1 fully saturated rings. The van der Waals surface area contributed by atoms with Gasteiger partial charge < -0.3 is 20.0 Å². The molecule has 0 unspecified atom stereocenters. The van der Waals surface area contributed by atoms with Crippen molar-refractivity contribution in [1.82, 2.24) is 9.80 Å². The van der Waals surface area contributed by atoms with E-state index >= 15 is 0 Å². The van der Waals surface area contributed by atoms with Gasteiger partial charge in [-0.1, -0.05) is 18.2 Å². The number of carbonyl (C=O) groups is 2. The minimum Gasteiger partial charge on any atom is -0.451 e. The Kier molecular flexibility index (Phi) is 4.57. The molecule has 2 heterocycles. The average Bonchev–Trinajstić information content (AvgIpc) is 3.18. The predicted octanol–water partition coefficient (Wildman–Crippen LogP) is 1.84. The molecular weight excluding hydrogens is 306 g/mol. The number of amides is 2. The molecule has 0 aliphatic carbocycles. The van der Waals surface area contributed by atoms with Crippen LogP contribution in [0.4, 0.5) is 0 Å². The fourth-order valence-electron chi connectivity index (χ4n) is 3.30. The van der Waals surface area contributed by atoms with Crippen LogP contribution in [0, 0.1) is 0 Å². The van der Waals surface area contributed by atoms with Gasteiger partial charge in [0.05, 0.1) is 0 Å². The molecule has 2 atom stereocenters. The van der Waals surface area contributed by atoms with Crippen LogP contribution in [-0.4, -0.2) is 53.3 Å². The molecule has 1 aromatic carbocycles. The molecule has 128 valence electrons. The molecule has 24 heavy (non-hydrogen) atoms. The van der Waals surface area contributed by atoms with Crippen LogP contribution in [-0.2, 0) is 4.79 Å². The van der Waals surface area contributed by atoms with Crippen LogP contribution in [0.1, 0.15) is 30.8 Å². The van der Waals surface area contributed by atoms with E-state index < -0.39 is 6.04 Å². The molecule has 0 saturated carbocycles. The van der Waals surface area contributed by atoms with E-state index in [4.69, 9.17) is 10.2 Å². The van der Waals surface area contributed by atoms with Crippen LogP contribution >= 0.6 is 0 Å². The lowest BCUT2D eigenvalue weighted by molar-refractivity contribution is -0.134. The number of para-hydroxylation sites is 1. The van der Waals surface area contributed by atoms with Gasteiger partial charge in [-0.2, -0.15) is 0 Å². The van der Waals surface area contributed by atoms with Crippen molar-refractivity contribution in [3.8, 4) is 0 Å². The van der Waals surface area contributed by atoms with Crippen LogP contribution < -0.4 is 5.73 Å². The molecule has 0 radical (unpaired) electrons. The number of hydrogen-bond acceptors (Lipinski definition) is 4. The third-order valence-corrected chi connectivity index (χ3v) is 4.59. The Morgan fingerprint density at radius 3 is 2.67 bits per heavy atom. The van der Waals surface area contributed by atoms with Gasteiger partial charge in [-0.3, -0.25) is 9.59 Å². The van der Waals surface area contributed by atoms with Gasteiger partial charge in [0.2, 0.25) is 5.91 Å². The van der Waals surface area contributed by atoms with E-state index in [1.54, 1.807) is 15.9 Å². The number of fused-ring (bicyclic) bond motifs is 1. The summed E-state index contributed by atoms with van der Waals surface area (Å²) in [5.74, 6) is -0.0651. The number of hydrogen-bond donors (Lipinski definition) is 1. The van der Waals surface area contributed by atoms with Gasteiger partial charge in [0.25, 0.3) is 5.91 Å². The third kappa shape index (κ3) is 2.89. The Hall–Kier alpha value is -2.34. The number of likely N-dealkylation sites (tertiary alicyclic amines) is 1. The second-order valence-corrected chi connectivity index (χ2v) is 6.13. The highest BCUT2D eigenvalue weighted by Crippen LogP contribution is 2.25. The zero-order valence-electron chi connectivity index (χ0n) is 14.1. The highest BCUT2D eigenvalue weighted by molar-refractivity contribution is 5.99. The van der Waals surface area contributed by atoms with Crippen LogP contribution in [0.15, 0.2) is 34.7 Å². The van der Waals surface area contributed by atoms with Crippen LogP contribution in [0.5, 0.6) is 0 Å². The minimum atomic E-state index is -0.513. The molecule has 1 aliphatic rings. The lowest BCUT2D eigenvalue weighted by atomic mass is 10.1. The zero-order chi connectivity index (χ0) is 17.3. The molecule has 6 nitrogen and oxygen atoms in total. The first-order chi connectivity index (χ1) is 11.5. The van der Waals surface area contributed by atoms with Gasteiger partial charge >= 0.3 is 0 Å². The smallest absolute Gasteiger partial charge is 0.290 e. The lowest BCUT2D eigenvalue weighted by Crippen LogP contribution is -2.47.